The first kappa shape index (κ1) is 15.8. The highest BCUT2D eigenvalue weighted by molar-refractivity contribution is 9.10. The van der Waals surface area contributed by atoms with Crippen LogP contribution in [0.2, 0.25) is 0 Å². The minimum absolute atomic E-state index is 0.488. The largest absolute Gasteiger partial charge is 0.489 e. The number of ether oxygens (including phenoxy) is 1. The summed E-state index contributed by atoms with van der Waals surface area (Å²) in [5.74, 6) is 1.37. The Hall–Kier alpha value is -2.11. The zero-order valence-electron chi connectivity index (χ0n) is 12.8. The number of pyridine rings is 1. The number of nitrogens with two attached hydrogens (primary N) is 1. The highest BCUT2D eigenvalue weighted by Gasteiger charge is 2.03. The molecule has 0 atom stereocenters. The summed E-state index contributed by atoms with van der Waals surface area (Å²) in [5, 5.41) is 4.21. The second kappa shape index (κ2) is 6.98. The Morgan fingerprint density at radius 3 is 2.74 bits per heavy atom. The molecule has 0 bridgehead atoms. The van der Waals surface area contributed by atoms with Crippen LogP contribution in [-0.4, -0.2) is 12.0 Å². The lowest BCUT2D eigenvalue weighted by molar-refractivity contribution is 0.306. The summed E-state index contributed by atoms with van der Waals surface area (Å²) in [6, 6.07) is 16.0. The zero-order valence-corrected chi connectivity index (χ0v) is 14.4. The predicted octanol–water partition coefficient (Wildman–Crippen LogP) is 3.88. The van der Waals surface area contributed by atoms with Gasteiger partial charge in [0.25, 0.3) is 0 Å². The molecule has 4 nitrogen and oxygen atoms in total. The molecule has 1 aromatic heterocycles. The predicted molar refractivity (Wildman–Crippen MR) is 97.4 cm³/mol. The van der Waals surface area contributed by atoms with Crippen molar-refractivity contribution in [3.05, 3.63) is 64.1 Å². The van der Waals surface area contributed by atoms with Crippen LogP contribution in [0.5, 0.6) is 5.75 Å². The maximum absolute atomic E-state index is 5.92. The number of halogens is 1. The summed E-state index contributed by atoms with van der Waals surface area (Å²) in [5.41, 5.74) is 8.86. The Labute approximate surface area is 143 Å². The smallest absolute Gasteiger partial charge is 0.124 e. The molecule has 3 aromatic rings. The van der Waals surface area contributed by atoms with Gasteiger partial charge in [-0.3, -0.25) is 0 Å². The number of rotatable bonds is 5. The van der Waals surface area contributed by atoms with Gasteiger partial charge in [0.15, 0.2) is 0 Å². The molecule has 3 rings (SSSR count). The maximum atomic E-state index is 5.92. The van der Waals surface area contributed by atoms with Crippen LogP contribution in [-0.2, 0) is 13.2 Å². The molecule has 0 saturated carbocycles. The van der Waals surface area contributed by atoms with E-state index < -0.39 is 0 Å². The van der Waals surface area contributed by atoms with E-state index in [0.29, 0.717) is 12.4 Å². The molecule has 0 saturated heterocycles. The molecule has 2 aromatic carbocycles. The summed E-state index contributed by atoms with van der Waals surface area (Å²) in [6.07, 6.45) is 0. The standard InChI is InChI=1S/C18H18BrN3O/c1-21-10-13-6-15(19)9-16(7-13)23-11-12-2-3-14-4-5-18(20)22-17(14)8-12/h2-9,21H,10-11H2,1H3,(H2,20,22). The molecule has 0 unspecified atom stereocenters. The number of benzene rings is 2. The number of nitrogens with zero attached hydrogens (tertiary/aromatic N) is 1. The molecule has 1 heterocycles. The van der Waals surface area contributed by atoms with Crippen LogP contribution in [0.25, 0.3) is 10.9 Å². The Kier molecular flexibility index (Phi) is 4.79. The van der Waals surface area contributed by atoms with E-state index in [-0.39, 0.29) is 0 Å². The average Bonchev–Trinajstić information content (AvgIpc) is 2.52. The monoisotopic (exact) mass is 371 g/mol. The third-order valence-electron chi connectivity index (χ3n) is 3.50. The topological polar surface area (TPSA) is 60.2 Å². The Morgan fingerprint density at radius 1 is 1.09 bits per heavy atom. The highest BCUT2D eigenvalue weighted by Crippen LogP contribution is 2.23. The van der Waals surface area contributed by atoms with Gasteiger partial charge in [0.05, 0.1) is 5.52 Å². The van der Waals surface area contributed by atoms with Crippen molar-refractivity contribution in [3.63, 3.8) is 0 Å². The summed E-state index contributed by atoms with van der Waals surface area (Å²) < 4.78 is 6.93. The van der Waals surface area contributed by atoms with Gasteiger partial charge in [-0.05, 0) is 54.6 Å². The van der Waals surface area contributed by atoms with E-state index in [1.54, 1.807) is 0 Å². The van der Waals surface area contributed by atoms with Crippen molar-refractivity contribution in [1.82, 2.24) is 10.3 Å². The van der Waals surface area contributed by atoms with Gasteiger partial charge in [-0.1, -0.05) is 28.1 Å². The molecule has 0 fully saturated rings. The normalized spacial score (nSPS) is 10.9. The number of fused-ring (bicyclic) bond motifs is 1. The van der Waals surface area contributed by atoms with Gasteiger partial charge in [-0.25, -0.2) is 4.98 Å². The molecule has 0 spiro atoms. The van der Waals surface area contributed by atoms with E-state index in [1.165, 1.54) is 5.56 Å². The number of hydrogen-bond acceptors (Lipinski definition) is 4. The lowest BCUT2D eigenvalue weighted by atomic mass is 10.1. The van der Waals surface area contributed by atoms with Crippen LogP contribution in [0.4, 0.5) is 5.82 Å². The molecular formula is C18H18BrN3O. The molecule has 0 aliphatic rings. The van der Waals surface area contributed by atoms with Gasteiger partial charge in [-0.15, -0.1) is 0 Å². The molecule has 0 radical (unpaired) electrons. The minimum atomic E-state index is 0.488. The fourth-order valence-electron chi connectivity index (χ4n) is 2.45. The maximum Gasteiger partial charge on any atom is 0.124 e. The van der Waals surface area contributed by atoms with E-state index in [2.05, 4.69) is 32.3 Å². The Bertz CT molecular complexity index is 836. The molecule has 23 heavy (non-hydrogen) atoms. The summed E-state index contributed by atoms with van der Waals surface area (Å²) in [7, 11) is 1.93. The van der Waals surface area contributed by atoms with Crippen LogP contribution in [0.3, 0.4) is 0 Å². The lowest BCUT2D eigenvalue weighted by Crippen LogP contribution is -2.05. The van der Waals surface area contributed by atoms with Crippen molar-refractivity contribution >= 4 is 32.7 Å². The van der Waals surface area contributed by atoms with Gasteiger partial charge in [0.2, 0.25) is 0 Å². The Balaban J connectivity index is 1.77. The second-order valence-corrected chi connectivity index (χ2v) is 6.29. The van der Waals surface area contributed by atoms with Gasteiger partial charge in [0, 0.05) is 16.4 Å². The number of nitrogens with one attached hydrogen (secondary N) is 1. The fourth-order valence-corrected chi connectivity index (χ4v) is 2.96. The quantitative estimate of drug-likeness (QED) is 0.714. The number of aromatic nitrogens is 1. The van der Waals surface area contributed by atoms with Crippen molar-refractivity contribution in [2.24, 2.45) is 0 Å². The van der Waals surface area contributed by atoms with E-state index in [9.17, 15) is 0 Å². The number of nitrogen functional groups attached to an aromatic ring is 1. The Morgan fingerprint density at radius 2 is 1.91 bits per heavy atom. The van der Waals surface area contributed by atoms with E-state index in [0.717, 1.165) is 33.2 Å². The van der Waals surface area contributed by atoms with Crippen molar-refractivity contribution < 1.29 is 4.74 Å². The SMILES string of the molecule is CNCc1cc(Br)cc(OCc2ccc3ccc(N)nc3c2)c1. The van der Waals surface area contributed by atoms with Gasteiger partial charge in [0.1, 0.15) is 18.2 Å². The van der Waals surface area contributed by atoms with Crippen molar-refractivity contribution in [3.8, 4) is 5.75 Å². The first-order valence-corrected chi connectivity index (χ1v) is 8.15. The van der Waals surface area contributed by atoms with E-state index in [4.69, 9.17) is 10.5 Å². The van der Waals surface area contributed by atoms with E-state index in [1.807, 2.05) is 49.5 Å². The first-order valence-electron chi connectivity index (χ1n) is 7.36. The molecule has 118 valence electrons. The van der Waals surface area contributed by atoms with E-state index >= 15 is 0 Å². The average molecular weight is 372 g/mol. The van der Waals surface area contributed by atoms with Crippen molar-refractivity contribution in [1.29, 1.82) is 0 Å². The lowest BCUT2D eigenvalue weighted by Gasteiger charge is -2.10. The van der Waals surface area contributed by atoms with Crippen LogP contribution in [0, 0.1) is 0 Å². The summed E-state index contributed by atoms with van der Waals surface area (Å²) >= 11 is 3.52. The molecule has 0 amide bonds. The number of anilines is 1. The van der Waals surface area contributed by atoms with Crippen molar-refractivity contribution in [2.75, 3.05) is 12.8 Å². The molecule has 0 aliphatic carbocycles. The first-order chi connectivity index (χ1) is 11.1. The summed E-state index contributed by atoms with van der Waals surface area (Å²) in [4.78, 5) is 4.35. The van der Waals surface area contributed by atoms with Gasteiger partial charge < -0.3 is 15.8 Å². The zero-order chi connectivity index (χ0) is 16.2. The molecule has 3 N–H and O–H groups in total. The highest BCUT2D eigenvalue weighted by atomic mass is 79.9. The third-order valence-corrected chi connectivity index (χ3v) is 3.95. The van der Waals surface area contributed by atoms with Gasteiger partial charge in [-0.2, -0.15) is 0 Å². The van der Waals surface area contributed by atoms with Gasteiger partial charge >= 0.3 is 0 Å². The van der Waals surface area contributed by atoms with Crippen LogP contribution >= 0.6 is 15.9 Å². The number of hydrogen-bond donors (Lipinski definition) is 2. The fraction of sp³-hybridized carbons (Fsp3) is 0.167. The second-order valence-electron chi connectivity index (χ2n) is 5.38. The van der Waals surface area contributed by atoms with Crippen LogP contribution < -0.4 is 15.8 Å². The molecule has 0 aliphatic heterocycles. The molecule has 5 heteroatoms. The van der Waals surface area contributed by atoms with Crippen LogP contribution in [0.1, 0.15) is 11.1 Å². The van der Waals surface area contributed by atoms with Crippen molar-refractivity contribution in [2.45, 2.75) is 13.2 Å². The molecular weight excluding hydrogens is 354 g/mol. The third kappa shape index (κ3) is 4.00. The minimum Gasteiger partial charge on any atom is -0.489 e. The van der Waals surface area contributed by atoms with Crippen LogP contribution in [0.15, 0.2) is 53.0 Å². The summed E-state index contributed by atoms with van der Waals surface area (Å²) in [6.45, 7) is 1.29.